The van der Waals surface area contributed by atoms with E-state index in [1.54, 1.807) is 20.8 Å². The first-order chi connectivity index (χ1) is 8.83. The molecule has 7 nitrogen and oxygen atoms in total. The van der Waals surface area contributed by atoms with Gasteiger partial charge in [0.25, 0.3) is 0 Å². The van der Waals surface area contributed by atoms with Gasteiger partial charge in [-0.3, -0.25) is 9.59 Å². The first-order valence-corrected chi connectivity index (χ1v) is 6.38. The summed E-state index contributed by atoms with van der Waals surface area (Å²) in [6, 6.07) is -0.699. The van der Waals surface area contributed by atoms with E-state index in [-0.39, 0.29) is 12.5 Å². The number of nitrogens with zero attached hydrogens (tertiary/aromatic N) is 4. The number of ether oxygens (including phenoxy) is 1. The zero-order valence-electron chi connectivity index (χ0n) is 11.6. The molecule has 1 fully saturated rings. The molecule has 0 N–H and O–H groups in total. The molecule has 0 bridgehead atoms. The molecule has 1 unspecified atom stereocenters. The Kier molecular flexibility index (Phi) is 5.18. The zero-order chi connectivity index (χ0) is 14.5. The maximum absolute atomic E-state index is 12.1. The van der Waals surface area contributed by atoms with Gasteiger partial charge in [0.2, 0.25) is 5.91 Å². The van der Waals surface area contributed by atoms with E-state index in [1.165, 1.54) is 4.90 Å². The number of amides is 1. The monoisotopic (exact) mass is 268 g/mol. The molecule has 0 aromatic rings. The van der Waals surface area contributed by atoms with Gasteiger partial charge in [-0.05, 0) is 39.1 Å². The Bertz CT molecular complexity index is 396. The van der Waals surface area contributed by atoms with E-state index in [0.717, 1.165) is 12.8 Å². The third-order valence-corrected chi connectivity index (χ3v) is 2.68. The van der Waals surface area contributed by atoms with Gasteiger partial charge in [0, 0.05) is 11.5 Å². The molecule has 1 aliphatic heterocycles. The number of hydrogen-bond donors (Lipinski definition) is 0. The zero-order valence-corrected chi connectivity index (χ0v) is 11.6. The van der Waals surface area contributed by atoms with Crippen LogP contribution < -0.4 is 0 Å². The molecule has 1 aliphatic rings. The highest BCUT2D eigenvalue weighted by molar-refractivity contribution is 5.86. The second-order valence-corrected chi connectivity index (χ2v) is 5.56. The fraction of sp³-hybridized carbons (Fsp3) is 0.833. The molecular formula is C12H20N4O3. The molecule has 1 saturated heterocycles. The molecule has 0 spiro atoms. The molecule has 1 rings (SSSR count). The largest absolute Gasteiger partial charge is 0.459 e. The first-order valence-electron chi connectivity index (χ1n) is 6.38. The highest BCUT2D eigenvalue weighted by Gasteiger charge is 2.28. The van der Waals surface area contributed by atoms with E-state index >= 15 is 0 Å². The maximum Gasteiger partial charge on any atom is 0.326 e. The minimum atomic E-state index is -0.699. The van der Waals surface area contributed by atoms with Crippen LogP contribution in [-0.4, -0.2) is 41.5 Å². The summed E-state index contributed by atoms with van der Waals surface area (Å²) in [5, 5.41) is 3.49. The van der Waals surface area contributed by atoms with Crippen LogP contribution in [0.1, 0.15) is 40.0 Å². The third-order valence-electron chi connectivity index (χ3n) is 2.68. The molecular weight excluding hydrogens is 248 g/mol. The molecule has 0 aliphatic carbocycles. The molecule has 0 saturated carbocycles. The lowest BCUT2D eigenvalue weighted by Crippen LogP contribution is -2.42. The van der Waals surface area contributed by atoms with Crippen molar-refractivity contribution >= 4 is 11.9 Å². The van der Waals surface area contributed by atoms with Crippen molar-refractivity contribution in [3.8, 4) is 0 Å². The fourth-order valence-corrected chi connectivity index (χ4v) is 1.94. The minimum absolute atomic E-state index is 0.0897. The highest BCUT2D eigenvalue weighted by atomic mass is 16.6. The highest BCUT2D eigenvalue weighted by Crippen LogP contribution is 2.16. The number of rotatable bonds is 3. The van der Waals surface area contributed by atoms with Crippen LogP contribution in [0.3, 0.4) is 0 Å². The minimum Gasteiger partial charge on any atom is -0.459 e. The maximum atomic E-state index is 12.1. The number of carbonyl (C=O) groups excluding carboxylic acids is 2. The summed E-state index contributed by atoms with van der Waals surface area (Å²) in [7, 11) is 0. The van der Waals surface area contributed by atoms with Crippen molar-refractivity contribution in [1.82, 2.24) is 4.90 Å². The summed E-state index contributed by atoms with van der Waals surface area (Å²) in [4.78, 5) is 27.9. The number of azide groups is 1. The summed E-state index contributed by atoms with van der Waals surface area (Å²) < 4.78 is 5.19. The van der Waals surface area contributed by atoms with Crippen LogP contribution in [0.4, 0.5) is 0 Å². The standard InChI is InChI=1S/C12H20N4O3/c1-12(2,3)19-10(17)8-16-7-5-4-6-9(11(16)18)14-15-13/h9H,4-8H2,1-3H3. The van der Waals surface area contributed by atoms with Crippen molar-refractivity contribution in [1.29, 1.82) is 0 Å². The van der Waals surface area contributed by atoms with Crippen LogP contribution >= 0.6 is 0 Å². The second kappa shape index (κ2) is 6.43. The number of carbonyl (C=O) groups is 2. The Hall–Kier alpha value is -1.75. The average Bonchev–Trinajstić information content (AvgIpc) is 2.42. The first kappa shape index (κ1) is 15.3. The summed E-state index contributed by atoms with van der Waals surface area (Å²) in [5.74, 6) is -0.733. The van der Waals surface area contributed by atoms with Gasteiger partial charge in [-0.25, -0.2) is 0 Å². The van der Waals surface area contributed by atoms with E-state index in [4.69, 9.17) is 10.3 Å². The Morgan fingerprint density at radius 2 is 2.21 bits per heavy atom. The quantitative estimate of drug-likeness (QED) is 0.339. The predicted octanol–water partition coefficient (Wildman–Crippen LogP) is 2.02. The Morgan fingerprint density at radius 3 is 2.79 bits per heavy atom. The van der Waals surface area contributed by atoms with E-state index < -0.39 is 17.6 Å². The van der Waals surface area contributed by atoms with Crippen LogP contribution in [-0.2, 0) is 14.3 Å². The average molecular weight is 268 g/mol. The van der Waals surface area contributed by atoms with Crippen molar-refractivity contribution in [2.24, 2.45) is 5.11 Å². The van der Waals surface area contributed by atoms with Crippen molar-refractivity contribution in [3.63, 3.8) is 0 Å². The van der Waals surface area contributed by atoms with E-state index in [2.05, 4.69) is 10.0 Å². The topological polar surface area (TPSA) is 95.4 Å². The SMILES string of the molecule is CC(C)(C)OC(=O)CN1CCCCC(N=[N+]=[N-])C1=O. The van der Waals surface area contributed by atoms with Crippen LogP contribution in [0.5, 0.6) is 0 Å². The lowest BCUT2D eigenvalue weighted by Gasteiger charge is -2.25. The second-order valence-electron chi connectivity index (χ2n) is 5.56. The third kappa shape index (κ3) is 5.18. The molecule has 1 amide bonds. The molecule has 0 radical (unpaired) electrons. The van der Waals surface area contributed by atoms with Gasteiger partial charge in [0.1, 0.15) is 18.2 Å². The van der Waals surface area contributed by atoms with Gasteiger partial charge in [0.05, 0.1) is 0 Å². The lowest BCUT2D eigenvalue weighted by atomic mass is 10.1. The smallest absolute Gasteiger partial charge is 0.326 e. The number of esters is 1. The number of hydrogen-bond acceptors (Lipinski definition) is 4. The van der Waals surface area contributed by atoms with Gasteiger partial charge in [-0.15, -0.1) is 0 Å². The summed E-state index contributed by atoms with van der Waals surface area (Å²) in [6.07, 6.45) is 2.14. The van der Waals surface area contributed by atoms with Crippen LogP contribution in [0.2, 0.25) is 0 Å². The molecule has 0 aromatic heterocycles. The summed E-state index contributed by atoms with van der Waals surface area (Å²) >= 11 is 0. The molecule has 0 aromatic carbocycles. The molecule has 1 heterocycles. The van der Waals surface area contributed by atoms with Crippen LogP contribution in [0.25, 0.3) is 10.4 Å². The van der Waals surface area contributed by atoms with Gasteiger partial charge >= 0.3 is 5.97 Å². The van der Waals surface area contributed by atoms with Crippen LogP contribution in [0, 0.1) is 0 Å². The Labute approximate surface area is 112 Å². The normalized spacial score (nSPS) is 20.5. The molecule has 7 heteroatoms. The Morgan fingerprint density at radius 1 is 1.53 bits per heavy atom. The molecule has 1 atom stereocenters. The van der Waals surface area contributed by atoms with Gasteiger partial charge in [-0.2, -0.15) is 0 Å². The van der Waals surface area contributed by atoms with Crippen molar-refractivity contribution in [2.45, 2.75) is 51.7 Å². The van der Waals surface area contributed by atoms with E-state index in [0.29, 0.717) is 13.0 Å². The van der Waals surface area contributed by atoms with Crippen molar-refractivity contribution in [2.75, 3.05) is 13.1 Å². The Balaban J connectivity index is 2.67. The van der Waals surface area contributed by atoms with Crippen molar-refractivity contribution in [3.05, 3.63) is 10.4 Å². The fourth-order valence-electron chi connectivity index (χ4n) is 1.94. The lowest BCUT2D eigenvalue weighted by molar-refractivity contribution is -0.158. The summed E-state index contributed by atoms with van der Waals surface area (Å²) in [5.41, 5.74) is 7.87. The van der Waals surface area contributed by atoms with Crippen molar-refractivity contribution < 1.29 is 14.3 Å². The van der Waals surface area contributed by atoms with Gasteiger partial charge in [-0.1, -0.05) is 11.5 Å². The van der Waals surface area contributed by atoms with Gasteiger partial charge in [0.15, 0.2) is 0 Å². The molecule has 106 valence electrons. The predicted molar refractivity (Wildman–Crippen MR) is 69.2 cm³/mol. The van der Waals surface area contributed by atoms with E-state index in [9.17, 15) is 9.59 Å². The van der Waals surface area contributed by atoms with Crippen LogP contribution in [0.15, 0.2) is 5.11 Å². The summed E-state index contributed by atoms with van der Waals surface area (Å²) in [6.45, 7) is 5.73. The molecule has 19 heavy (non-hydrogen) atoms. The number of likely N-dealkylation sites (tertiary alicyclic amines) is 1. The van der Waals surface area contributed by atoms with Gasteiger partial charge < -0.3 is 9.64 Å². The van der Waals surface area contributed by atoms with E-state index in [1.807, 2.05) is 0 Å².